The highest BCUT2D eigenvalue weighted by Gasteiger charge is 2.30. The molecule has 0 spiro atoms. The molecule has 1 heteroatoms. The summed E-state index contributed by atoms with van der Waals surface area (Å²) < 4.78 is 0. The zero-order chi connectivity index (χ0) is 14.2. The van der Waals surface area contributed by atoms with Crippen LogP contribution in [-0.2, 0) is 0 Å². The second-order valence-corrected chi connectivity index (χ2v) is 7.80. The Morgan fingerprint density at radius 3 is 2.00 bits per heavy atom. The lowest BCUT2D eigenvalue weighted by Gasteiger charge is -2.37. The highest BCUT2D eigenvalue weighted by Crippen LogP contribution is 2.42. The predicted molar refractivity (Wildman–Crippen MR) is 93.1 cm³/mol. The summed E-state index contributed by atoms with van der Waals surface area (Å²) in [6, 6.07) is 0. The Balaban J connectivity index is 1.64. The van der Waals surface area contributed by atoms with Crippen molar-refractivity contribution in [2.45, 2.75) is 84.0 Å². The van der Waals surface area contributed by atoms with E-state index in [4.69, 9.17) is 0 Å². The van der Waals surface area contributed by atoms with E-state index in [-0.39, 0.29) is 0 Å². The van der Waals surface area contributed by atoms with Crippen molar-refractivity contribution in [3.05, 3.63) is 11.1 Å². The molecule has 116 valence electrons. The van der Waals surface area contributed by atoms with Gasteiger partial charge >= 0.3 is 0 Å². The van der Waals surface area contributed by atoms with Gasteiger partial charge in [0.25, 0.3) is 0 Å². The summed E-state index contributed by atoms with van der Waals surface area (Å²) >= 11 is 3.43. The molecule has 20 heavy (non-hydrogen) atoms. The van der Waals surface area contributed by atoms with E-state index in [1.54, 1.807) is 12.8 Å². The van der Waals surface area contributed by atoms with Crippen molar-refractivity contribution in [2.75, 3.05) is 0 Å². The zero-order valence-electron chi connectivity index (χ0n) is 13.3. The molecule has 2 saturated carbocycles. The van der Waals surface area contributed by atoms with Crippen molar-refractivity contribution in [1.82, 2.24) is 0 Å². The number of unbranched alkanes of at least 4 members (excludes halogenated alkanes) is 2. The Labute approximate surface area is 134 Å². The maximum atomic E-state index is 3.43. The largest absolute Gasteiger partial charge is 0.0745 e. The number of allylic oxidation sites excluding steroid dienone is 1. The standard InChI is InChI=1S/C19H33Br/c1-2-3-4-5-16-6-10-18(11-7-16)19-12-8-17(9-13-19)14-15-20/h14-19H,2-13H2,1H3/t16-,17-,18-,19-. The monoisotopic (exact) mass is 340 g/mol. The van der Waals surface area contributed by atoms with Crippen LogP contribution in [0.4, 0.5) is 0 Å². The van der Waals surface area contributed by atoms with E-state index >= 15 is 0 Å². The number of hydrogen-bond donors (Lipinski definition) is 0. The molecule has 2 rings (SSSR count). The summed E-state index contributed by atoms with van der Waals surface area (Å²) in [7, 11) is 0. The van der Waals surface area contributed by atoms with Crippen molar-refractivity contribution in [3.8, 4) is 0 Å². The molecule has 0 aromatic heterocycles. The molecule has 0 bridgehead atoms. The molecule has 0 aromatic carbocycles. The van der Waals surface area contributed by atoms with Gasteiger partial charge in [-0.15, -0.1) is 0 Å². The Hall–Kier alpha value is 0.220. The second-order valence-electron chi connectivity index (χ2n) is 7.27. The van der Waals surface area contributed by atoms with Gasteiger partial charge in [0.15, 0.2) is 0 Å². The first-order valence-electron chi connectivity index (χ1n) is 9.10. The summed E-state index contributed by atoms with van der Waals surface area (Å²) in [5.41, 5.74) is 0. The van der Waals surface area contributed by atoms with Crippen LogP contribution in [0.1, 0.15) is 84.0 Å². The third-order valence-corrected chi connectivity index (χ3v) is 6.24. The molecule has 0 radical (unpaired) electrons. The third-order valence-electron chi connectivity index (χ3n) is 5.94. The fourth-order valence-corrected chi connectivity index (χ4v) is 4.97. The minimum atomic E-state index is 0.857. The van der Waals surface area contributed by atoms with Gasteiger partial charge in [-0.05, 0) is 67.2 Å². The van der Waals surface area contributed by atoms with Gasteiger partial charge < -0.3 is 0 Å². The molecular weight excluding hydrogens is 308 g/mol. The van der Waals surface area contributed by atoms with E-state index in [0.717, 1.165) is 23.7 Å². The van der Waals surface area contributed by atoms with Gasteiger partial charge in [-0.1, -0.05) is 67.5 Å². The average molecular weight is 341 g/mol. The molecule has 0 saturated heterocycles. The van der Waals surface area contributed by atoms with Crippen molar-refractivity contribution < 1.29 is 0 Å². The van der Waals surface area contributed by atoms with Crippen LogP contribution in [0.15, 0.2) is 11.1 Å². The number of hydrogen-bond acceptors (Lipinski definition) is 0. The van der Waals surface area contributed by atoms with Gasteiger partial charge in [0.2, 0.25) is 0 Å². The Kier molecular flexibility index (Phi) is 7.70. The van der Waals surface area contributed by atoms with Crippen LogP contribution in [-0.4, -0.2) is 0 Å². The van der Waals surface area contributed by atoms with Crippen LogP contribution >= 0.6 is 15.9 Å². The summed E-state index contributed by atoms with van der Waals surface area (Å²) in [6.45, 7) is 2.32. The topological polar surface area (TPSA) is 0 Å². The fraction of sp³-hybridized carbons (Fsp3) is 0.895. The van der Waals surface area contributed by atoms with Gasteiger partial charge in [0.1, 0.15) is 0 Å². The average Bonchev–Trinajstić information content (AvgIpc) is 2.49. The van der Waals surface area contributed by atoms with Crippen LogP contribution in [0.2, 0.25) is 0 Å². The summed E-state index contributed by atoms with van der Waals surface area (Å²) in [5, 5.41) is 0. The molecule has 0 aromatic rings. The molecule has 0 atom stereocenters. The van der Waals surface area contributed by atoms with Crippen molar-refractivity contribution >= 4 is 15.9 Å². The quantitative estimate of drug-likeness (QED) is 0.452. The first-order valence-corrected chi connectivity index (χ1v) is 10.0. The van der Waals surface area contributed by atoms with Crippen LogP contribution in [0.5, 0.6) is 0 Å². The molecule has 0 aliphatic heterocycles. The zero-order valence-corrected chi connectivity index (χ0v) is 14.9. The molecule has 2 aliphatic rings. The second kappa shape index (κ2) is 9.28. The molecule has 2 fully saturated rings. The van der Waals surface area contributed by atoms with Crippen LogP contribution in [0.25, 0.3) is 0 Å². The van der Waals surface area contributed by atoms with Crippen molar-refractivity contribution in [3.63, 3.8) is 0 Å². The maximum absolute atomic E-state index is 3.43. The maximum Gasteiger partial charge on any atom is -0.0225 e. The van der Waals surface area contributed by atoms with Gasteiger partial charge in [0.05, 0.1) is 0 Å². The van der Waals surface area contributed by atoms with Gasteiger partial charge in [0, 0.05) is 0 Å². The van der Waals surface area contributed by atoms with E-state index in [0.29, 0.717) is 0 Å². The van der Waals surface area contributed by atoms with Gasteiger partial charge in [-0.3, -0.25) is 0 Å². The van der Waals surface area contributed by atoms with E-state index in [2.05, 4.69) is 33.9 Å². The Morgan fingerprint density at radius 1 is 0.850 bits per heavy atom. The predicted octanol–water partition coefficient (Wildman–Crippen LogP) is 7.09. The molecule has 2 aliphatic carbocycles. The molecule has 0 heterocycles. The van der Waals surface area contributed by atoms with E-state index in [1.165, 1.54) is 64.2 Å². The lowest BCUT2D eigenvalue weighted by molar-refractivity contribution is 0.151. The highest BCUT2D eigenvalue weighted by atomic mass is 79.9. The van der Waals surface area contributed by atoms with Crippen molar-refractivity contribution in [1.29, 1.82) is 0 Å². The van der Waals surface area contributed by atoms with Crippen molar-refractivity contribution in [2.24, 2.45) is 23.7 Å². The highest BCUT2D eigenvalue weighted by molar-refractivity contribution is 9.11. The van der Waals surface area contributed by atoms with E-state index in [9.17, 15) is 0 Å². The first-order chi connectivity index (χ1) is 9.83. The lowest BCUT2D eigenvalue weighted by Crippen LogP contribution is -2.25. The first kappa shape index (κ1) is 16.6. The Morgan fingerprint density at radius 2 is 1.45 bits per heavy atom. The minimum Gasteiger partial charge on any atom is -0.0745 e. The Bertz CT molecular complexity index is 267. The van der Waals surface area contributed by atoms with Gasteiger partial charge in [-0.25, -0.2) is 0 Å². The summed E-state index contributed by atoms with van der Waals surface area (Å²) in [4.78, 5) is 2.07. The normalized spacial score (nSPS) is 35.5. The number of rotatable bonds is 6. The summed E-state index contributed by atoms with van der Waals surface area (Å²) in [6.07, 6.45) is 20.2. The van der Waals surface area contributed by atoms with E-state index in [1.807, 2.05) is 0 Å². The smallest absolute Gasteiger partial charge is 0.0225 e. The van der Waals surface area contributed by atoms with Gasteiger partial charge in [-0.2, -0.15) is 0 Å². The van der Waals surface area contributed by atoms with Crippen LogP contribution in [0.3, 0.4) is 0 Å². The fourth-order valence-electron chi connectivity index (χ4n) is 4.54. The van der Waals surface area contributed by atoms with Crippen LogP contribution in [0, 0.1) is 23.7 Å². The number of halogens is 1. The van der Waals surface area contributed by atoms with E-state index < -0.39 is 0 Å². The molecular formula is C19H33Br. The molecule has 0 N–H and O–H groups in total. The van der Waals surface area contributed by atoms with Crippen LogP contribution < -0.4 is 0 Å². The SMILES string of the molecule is CCCCC[C@H]1CC[C@H]([C@H]2CC[C@H](C=CBr)CC2)CC1. The lowest BCUT2D eigenvalue weighted by atomic mass is 9.68. The molecule has 0 amide bonds. The molecule has 0 unspecified atom stereocenters. The summed E-state index contributed by atoms with van der Waals surface area (Å²) in [5.74, 6) is 4.07. The molecule has 0 nitrogen and oxygen atoms in total. The third kappa shape index (κ3) is 5.20. The minimum absolute atomic E-state index is 0.857.